The summed E-state index contributed by atoms with van der Waals surface area (Å²) in [5.41, 5.74) is 2.45. The fraction of sp³-hybridized carbons (Fsp3) is 0.440. The lowest BCUT2D eigenvalue weighted by atomic mass is 10.1. The van der Waals surface area contributed by atoms with Crippen LogP contribution in [0, 0.1) is 11.2 Å². The first-order valence-corrected chi connectivity index (χ1v) is 12.2. The van der Waals surface area contributed by atoms with Crippen molar-refractivity contribution >= 4 is 35.0 Å². The molecular formula is C25H29ClFN5O4. The van der Waals surface area contributed by atoms with Crippen molar-refractivity contribution in [3.05, 3.63) is 51.7 Å². The lowest BCUT2D eigenvalue weighted by Crippen LogP contribution is -2.42. The van der Waals surface area contributed by atoms with Crippen LogP contribution in [0.1, 0.15) is 44.0 Å². The highest BCUT2D eigenvalue weighted by atomic mass is 35.5. The van der Waals surface area contributed by atoms with E-state index in [1.165, 1.54) is 23.1 Å². The van der Waals surface area contributed by atoms with Crippen LogP contribution >= 0.6 is 11.6 Å². The molecule has 1 aromatic carbocycles. The molecule has 0 bridgehead atoms. The summed E-state index contributed by atoms with van der Waals surface area (Å²) in [6, 6.07) is 3.83. The fourth-order valence-electron chi connectivity index (χ4n) is 4.37. The molecule has 0 saturated carbocycles. The lowest BCUT2D eigenvalue weighted by Gasteiger charge is -2.32. The largest absolute Gasteiger partial charge is 0.489 e. The van der Waals surface area contributed by atoms with E-state index >= 15 is 0 Å². The summed E-state index contributed by atoms with van der Waals surface area (Å²) in [7, 11) is 0. The number of carbonyl (C=O) groups is 2. The summed E-state index contributed by atoms with van der Waals surface area (Å²) in [6.07, 6.45) is 0.429. The third-order valence-corrected chi connectivity index (χ3v) is 6.86. The maximum atomic E-state index is 14.1. The van der Waals surface area contributed by atoms with Crippen LogP contribution in [0.5, 0.6) is 5.75 Å². The summed E-state index contributed by atoms with van der Waals surface area (Å²) in [6.45, 7) is 6.85. The van der Waals surface area contributed by atoms with Gasteiger partial charge in [-0.1, -0.05) is 11.6 Å². The minimum atomic E-state index is -0.516. The standard InChI is InChI=1S/C25H29ClFN5O4/c1-4-35-25(34)31-9-7-17(8-10-31)36-21-11-16(27)5-6-18(21)24(33)32-12-19(20(28)13-32)23-29-14(2)22(26)15(3)30-23/h5-6,11,17,28-29H,4,7-10,12-13H2,1-3H3/b23-19+,28-20?. The number of carbonyl (C=O) groups excluding carboxylic acids is 2. The van der Waals surface area contributed by atoms with Gasteiger partial charge >= 0.3 is 6.09 Å². The van der Waals surface area contributed by atoms with E-state index in [1.807, 2.05) is 6.92 Å². The Labute approximate surface area is 214 Å². The number of aliphatic imine (C=N–C) groups is 1. The minimum Gasteiger partial charge on any atom is -0.489 e. The number of rotatable bonds is 4. The molecule has 0 aromatic heterocycles. The molecule has 192 valence electrons. The molecule has 36 heavy (non-hydrogen) atoms. The molecule has 3 aliphatic rings. The Morgan fingerprint density at radius 1 is 1.22 bits per heavy atom. The Bertz CT molecular complexity index is 1190. The number of piperidine rings is 1. The van der Waals surface area contributed by atoms with Gasteiger partial charge in [-0.25, -0.2) is 14.2 Å². The molecule has 1 aromatic rings. The van der Waals surface area contributed by atoms with Crippen LogP contribution in [0.25, 0.3) is 0 Å². The molecule has 3 aliphatic heterocycles. The van der Waals surface area contributed by atoms with E-state index < -0.39 is 5.82 Å². The molecule has 11 heteroatoms. The fourth-order valence-corrected chi connectivity index (χ4v) is 4.46. The Hall–Kier alpha value is -3.40. The molecule has 3 heterocycles. The quantitative estimate of drug-likeness (QED) is 0.626. The number of hydrogen-bond donors (Lipinski definition) is 2. The van der Waals surface area contributed by atoms with Gasteiger partial charge in [0, 0.05) is 43.3 Å². The number of ether oxygens (including phenoxy) is 2. The van der Waals surface area contributed by atoms with E-state index in [0.717, 1.165) is 5.70 Å². The first kappa shape index (κ1) is 25.7. The Balaban J connectivity index is 1.48. The molecule has 0 radical (unpaired) electrons. The zero-order valence-electron chi connectivity index (χ0n) is 20.5. The molecule has 4 rings (SSSR count). The predicted molar refractivity (Wildman–Crippen MR) is 134 cm³/mol. The van der Waals surface area contributed by atoms with Gasteiger partial charge in [0.2, 0.25) is 0 Å². The molecule has 0 aliphatic carbocycles. The minimum absolute atomic E-state index is 0.0964. The van der Waals surface area contributed by atoms with Gasteiger partial charge in [0.05, 0.1) is 41.7 Å². The molecule has 2 saturated heterocycles. The molecular weight excluding hydrogens is 489 g/mol. The van der Waals surface area contributed by atoms with Crippen LogP contribution in [0.15, 0.2) is 45.3 Å². The molecule has 0 unspecified atom stereocenters. The highest BCUT2D eigenvalue weighted by Gasteiger charge is 2.33. The second kappa shape index (κ2) is 10.7. The Morgan fingerprint density at radius 2 is 1.94 bits per heavy atom. The van der Waals surface area contributed by atoms with E-state index in [9.17, 15) is 14.0 Å². The monoisotopic (exact) mass is 517 g/mol. The second-order valence-electron chi connectivity index (χ2n) is 8.87. The van der Waals surface area contributed by atoms with Crippen LogP contribution < -0.4 is 10.1 Å². The van der Waals surface area contributed by atoms with Crippen molar-refractivity contribution in [1.82, 2.24) is 15.1 Å². The topological polar surface area (TPSA) is 107 Å². The van der Waals surface area contributed by atoms with Gasteiger partial charge < -0.3 is 30.0 Å². The van der Waals surface area contributed by atoms with Crippen molar-refractivity contribution in [2.24, 2.45) is 4.99 Å². The van der Waals surface area contributed by atoms with Crippen molar-refractivity contribution in [1.29, 1.82) is 5.41 Å². The van der Waals surface area contributed by atoms with E-state index in [-0.39, 0.29) is 48.2 Å². The molecule has 2 fully saturated rings. The molecule has 2 amide bonds. The van der Waals surface area contributed by atoms with Gasteiger partial charge in [0.25, 0.3) is 5.91 Å². The van der Waals surface area contributed by atoms with Gasteiger partial charge in [-0.05, 0) is 32.9 Å². The number of allylic oxidation sites excluding steroid dienone is 2. The third kappa shape index (κ3) is 5.38. The van der Waals surface area contributed by atoms with Crippen LogP contribution in [0.2, 0.25) is 0 Å². The zero-order chi connectivity index (χ0) is 26.0. The number of nitrogens with zero attached hydrogens (tertiary/aromatic N) is 3. The summed E-state index contributed by atoms with van der Waals surface area (Å²) in [4.78, 5) is 32.9. The smallest absolute Gasteiger partial charge is 0.409 e. The van der Waals surface area contributed by atoms with E-state index in [1.54, 1.807) is 18.7 Å². The first-order chi connectivity index (χ1) is 17.2. The lowest BCUT2D eigenvalue weighted by molar-refractivity contribution is 0.0686. The normalized spacial score (nSPS) is 20.9. The van der Waals surface area contributed by atoms with Crippen molar-refractivity contribution in [3.63, 3.8) is 0 Å². The molecule has 0 spiro atoms. The van der Waals surface area contributed by atoms with E-state index in [2.05, 4.69) is 10.3 Å². The Kier molecular flexibility index (Phi) is 7.63. The summed E-state index contributed by atoms with van der Waals surface area (Å²) < 4.78 is 25.2. The van der Waals surface area contributed by atoms with Gasteiger partial charge in [-0.15, -0.1) is 0 Å². The number of nitrogens with one attached hydrogen (secondary N) is 2. The van der Waals surface area contributed by atoms with Crippen LogP contribution in [0.4, 0.5) is 9.18 Å². The van der Waals surface area contributed by atoms with Crippen LogP contribution in [0.3, 0.4) is 0 Å². The second-order valence-corrected chi connectivity index (χ2v) is 9.25. The van der Waals surface area contributed by atoms with Crippen molar-refractivity contribution < 1.29 is 23.5 Å². The number of benzene rings is 1. The zero-order valence-corrected chi connectivity index (χ0v) is 21.2. The number of likely N-dealkylation sites (tertiary alicyclic amines) is 2. The van der Waals surface area contributed by atoms with Crippen molar-refractivity contribution in [2.45, 2.75) is 39.7 Å². The molecule has 9 nitrogen and oxygen atoms in total. The van der Waals surface area contributed by atoms with Crippen LogP contribution in [-0.2, 0) is 4.74 Å². The number of amides is 2. The van der Waals surface area contributed by atoms with E-state index in [0.29, 0.717) is 54.7 Å². The van der Waals surface area contributed by atoms with E-state index in [4.69, 9.17) is 26.5 Å². The highest BCUT2D eigenvalue weighted by molar-refractivity contribution is 6.43. The Morgan fingerprint density at radius 3 is 2.61 bits per heavy atom. The SMILES string of the molecule is CCOC(=O)N1CCC(Oc2cc(F)ccc2C(=O)N2CC(=N)/C(=C3/N=C(C)C(Cl)=C(C)N3)C2)CC1. The van der Waals surface area contributed by atoms with Crippen molar-refractivity contribution in [2.75, 3.05) is 32.8 Å². The summed E-state index contributed by atoms with van der Waals surface area (Å²) in [5.74, 6) is -0.231. The maximum absolute atomic E-state index is 14.1. The van der Waals surface area contributed by atoms with Gasteiger partial charge in [-0.3, -0.25) is 4.79 Å². The van der Waals surface area contributed by atoms with Gasteiger partial charge in [0.15, 0.2) is 0 Å². The first-order valence-electron chi connectivity index (χ1n) is 11.8. The molecule has 0 atom stereocenters. The summed E-state index contributed by atoms with van der Waals surface area (Å²) >= 11 is 6.21. The highest BCUT2D eigenvalue weighted by Crippen LogP contribution is 2.29. The average Bonchev–Trinajstić information content (AvgIpc) is 3.24. The van der Waals surface area contributed by atoms with Crippen LogP contribution in [-0.4, -0.2) is 72.1 Å². The van der Waals surface area contributed by atoms with Gasteiger partial charge in [0.1, 0.15) is 23.5 Å². The third-order valence-electron chi connectivity index (χ3n) is 6.30. The maximum Gasteiger partial charge on any atom is 0.409 e. The molecule has 2 N–H and O–H groups in total. The van der Waals surface area contributed by atoms with Crippen molar-refractivity contribution in [3.8, 4) is 5.75 Å². The van der Waals surface area contributed by atoms with Gasteiger partial charge in [-0.2, -0.15) is 0 Å². The average molecular weight is 518 g/mol. The predicted octanol–water partition coefficient (Wildman–Crippen LogP) is 4.05. The number of halogens is 2. The summed E-state index contributed by atoms with van der Waals surface area (Å²) in [5, 5.41) is 12.1. The number of hydrogen-bond acceptors (Lipinski definition) is 7.